The molecule has 0 aromatic carbocycles. The predicted octanol–water partition coefficient (Wildman–Crippen LogP) is 0.893. The van der Waals surface area contributed by atoms with Gasteiger partial charge in [-0.05, 0) is 18.3 Å². The second kappa shape index (κ2) is 1.38. The lowest BCUT2D eigenvalue weighted by Gasteiger charge is -1.88. The Bertz CT molecular complexity index is 183. The summed E-state index contributed by atoms with van der Waals surface area (Å²) in [5.74, 6) is 0.203. The van der Waals surface area contributed by atoms with Crippen LogP contribution in [0.1, 0.15) is 6.42 Å². The second-order valence-electron chi connectivity index (χ2n) is 2.77. The highest BCUT2D eigenvalue weighted by Gasteiger charge is 2.54. The van der Waals surface area contributed by atoms with Crippen molar-refractivity contribution < 1.29 is 9.90 Å². The molecule has 0 amide bonds. The summed E-state index contributed by atoms with van der Waals surface area (Å²) in [6.45, 7) is 0. The van der Waals surface area contributed by atoms with Crippen LogP contribution in [0.15, 0.2) is 12.2 Å². The van der Waals surface area contributed by atoms with Gasteiger partial charge in [0.1, 0.15) is 0 Å². The van der Waals surface area contributed by atoms with Gasteiger partial charge >= 0.3 is 5.97 Å². The summed E-state index contributed by atoms with van der Waals surface area (Å²) in [6, 6.07) is 0. The van der Waals surface area contributed by atoms with Crippen LogP contribution in [-0.2, 0) is 4.79 Å². The molecule has 0 aromatic heterocycles. The first-order chi connectivity index (χ1) is 4.30. The number of fused-ring (bicyclic) bond motifs is 1. The first-order valence-electron chi connectivity index (χ1n) is 3.20. The molecule has 2 rings (SSSR count). The van der Waals surface area contributed by atoms with E-state index >= 15 is 0 Å². The molecule has 0 aliphatic heterocycles. The smallest absolute Gasteiger partial charge is 0.307 e. The molecule has 1 fully saturated rings. The topological polar surface area (TPSA) is 37.3 Å². The van der Waals surface area contributed by atoms with Gasteiger partial charge in [0, 0.05) is 0 Å². The van der Waals surface area contributed by atoms with E-state index in [0.29, 0.717) is 11.8 Å². The third kappa shape index (κ3) is 0.530. The summed E-state index contributed by atoms with van der Waals surface area (Å²) < 4.78 is 0. The van der Waals surface area contributed by atoms with E-state index in [9.17, 15) is 4.79 Å². The third-order valence-corrected chi connectivity index (χ3v) is 2.28. The standard InChI is InChI=1S/C7H8O2/c8-7(9)6-4-2-1-3-5(4)6/h1-2,4-6H,3H2,(H,8,9)/t4-,5+,6+/m0/s1. The summed E-state index contributed by atoms with van der Waals surface area (Å²) in [7, 11) is 0. The van der Waals surface area contributed by atoms with Crippen LogP contribution in [0.3, 0.4) is 0 Å². The molecule has 0 heterocycles. The van der Waals surface area contributed by atoms with Gasteiger partial charge in [-0.15, -0.1) is 0 Å². The van der Waals surface area contributed by atoms with Crippen molar-refractivity contribution in [3.63, 3.8) is 0 Å². The van der Waals surface area contributed by atoms with Gasteiger partial charge in [0.2, 0.25) is 0 Å². The normalized spacial score (nSPS) is 44.7. The number of carboxylic acids is 1. The summed E-state index contributed by atoms with van der Waals surface area (Å²) in [5, 5.41) is 8.53. The van der Waals surface area contributed by atoms with Crippen molar-refractivity contribution in [1.29, 1.82) is 0 Å². The van der Waals surface area contributed by atoms with E-state index in [1.807, 2.05) is 6.08 Å². The Morgan fingerprint density at radius 1 is 1.67 bits per heavy atom. The summed E-state index contributed by atoms with van der Waals surface area (Å²) in [4.78, 5) is 10.3. The summed E-state index contributed by atoms with van der Waals surface area (Å²) in [5.41, 5.74) is 0. The Balaban J connectivity index is 2.10. The van der Waals surface area contributed by atoms with Gasteiger partial charge < -0.3 is 5.11 Å². The lowest BCUT2D eigenvalue weighted by molar-refractivity contribution is -0.139. The van der Waals surface area contributed by atoms with Gasteiger partial charge in [0.25, 0.3) is 0 Å². The first kappa shape index (κ1) is 5.03. The molecule has 48 valence electrons. The molecule has 1 saturated carbocycles. The maximum atomic E-state index is 10.3. The molecule has 0 aromatic rings. The van der Waals surface area contributed by atoms with E-state index in [1.165, 1.54) is 0 Å². The highest BCUT2D eigenvalue weighted by molar-refractivity contribution is 5.75. The number of hydrogen-bond donors (Lipinski definition) is 1. The molecule has 3 atom stereocenters. The minimum atomic E-state index is -0.616. The van der Waals surface area contributed by atoms with Crippen LogP contribution in [0.25, 0.3) is 0 Å². The lowest BCUT2D eigenvalue weighted by atomic mass is 10.2. The average molecular weight is 124 g/mol. The fourth-order valence-electron chi connectivity index (χ4n) is 1.71. The average Bonchev–Trinajstić information content (AvgIpc) is 2.30. The van der Waals surface area contributed by atoms with Gasteiger partial charge in [0.15, 0.2) is 0 Å². The molecule has 1 N–H and O–H groups in total. The largest absolute Gasteiger partial charge is 0.481 e. The number of aliphatic carboxylic acids is 1. The Morgan fingerprint density at radius 3 is 2.78 bits per heavy atom. The van der Waals surface area contributed by atoms with Gasteiger partial charge in [-0.25, -0.2) is 0 Å². The molecule has 2 nitrogen and oxygen atoms in total. The van der Waals surface area contributed by atoms with Crippen molar-refractivity contribution in [2.45, 2.75) is 6.42 Å². The molecule has 2 aliphatic rings. The maximum absolute atomic E-state index is 10.3. The van der Waals surface area contributed by atoms with E-state index in [4.69, 9.17) is 5.11 Å². The molecule has 0 bridgehead atoms. The van der Waals surface area contributed by atoms with Gasteiger partial charge in [0.05, 0.1) is 5.92 Å². The SMILES string of the molecule is O=C(O)[C@@H]1[C@H]2C=CC[C@H]21. The first-order valence-corrected chi connectivity index (χ1v) is 3.20. The molecular weight excluding hydrogens is 116 g/mol. The molecule has 0 radical (unpaired) electrons. The minimum absolute atomic E-state index is 0.0324. The van der Waals surface area contributed by atoms with E-state index in [0.717, 1.165) is 6.42 Å². The highest BCUT2D eigenvalue weighted by atomic mass is 16.4. The van der Waals surface area contributed by atoms with Crippen molar-refractivity contribution in [3.05, 3.63) is 12.2 Å². The molecule has 0 unspecified atom stereocenters. The predicted molar refractivity (Wildman–Crippen MR) is 31.9 cm³/mol. The Morgan fingerprint density at radius 2 is 2.44 bits per heavy atom. The third-order valence-electron chi connectivity index (χ3n) is 2.28. The zero-order valence-electron chi connectivity index (χ0n) is 4.95. The van der Waals surface area contributed by atoms with E-state index in [2.05, 4.69) is 6.08 Å². The number of carboxylic acid groups (broad SMARTS) is 1. The number of carbonyl (C=O) groups is 1. The van der Waals surface area contributed by atoms with Crippen LogP contribution in [0, 0.1) is 17.8 Å². The summed E-state index contributed by atoms with van der Waals surface area (Å²) >= 11 is 0. The van der Waals surface area contributed by atoms with E-state index < -0.39 is 5.97 Å². The quantitative estimate of drug-likeness (QED) is 0.527. The molecule has 0 saturated heterocycles. The van der Waals surface area contributed by atoms with Crippen LogP contribution in [-0.4, -0.2) is 11.1 Å². The van der Waals surface area contributed by atoms with Crippen LogP contribution in [0.5, 0.6) is 0 Å². The van der Waals surface area contributed by atoms with Gasteiger partial charge in [-0.1, -0.05) is 12.2 Å². The Hall–Kier alpha value is -0.790. The molecule has 2 heteroatoms. The second-order valence-corrected chi connectivity index (χ2v) is 2.77. The number of hydrogen-bond acceptors (Lipinski definition) is 1. The van der Waals surface area contributed by atoms with Gasteiger partial charge in [-0.3, -0.25) is 4.79 Å². The lowest BCUT2D eigenvalue weighted by Crippen LogP contribution is -2.00. The van der Waals surface area contributed by atoms with E-state index in [-0.39, 0.29) is 5.92 Å². The summed E-state index contributed by atoms with van der Waals surface area (Å²) in [6.07, 6.45) is 5.10. The van der Waals surface area contributed by atoms with Crippen molar-refractivity contribution in [2.24, 2.45) is 17.8 Å². The minimum Gasteiger partial charge on any atom is -0.481 e. The molecule has 2 aliphatic carbocycles. The van der Waals surface area contributed by atoms with Crippen LogP contribution < -0.4 is 0 Å². The van der Waals surface area contributed by atoms with Crippen LogP contribution in [0.2, 0.25) is 0 Å². The van der Waals surface area contributed by atoms with E-state index in [1.54, 1.807) is 0 Å². The van der Waals surface area contributed by atoms with Crippen molar-refractivity contribution in [2.75, 3.05) is 0 Å². The zero-order chi connectivity index (χ0) is 6.43. The molecule has 9 heavy (non-hydrogen) atoms. The Kier molecular flexibility index (Phi) is 0.770. The van der Waals surface area contributed by atoms with Crippen molar-refractivity contribution in [3.8, 4) is 0 Å². The fourth-order valence-corrected chi connectivity index (χ4v) is 1.71. The zero-order valence-corrected chi connectivity index (χ0v) is 4.95. The monoisotopic (exact) mass is 124 g/mol. The fraction of sp³-hybridized carbons (Fsp3) is 0.571. The Labute approximate surface area is 53.2 Å². The molecule has 0 spiro atoms. The van der Waals surface area contributed by atoms with Crippen molar-refractivity contribution in [1.82, 2.24) is 0 Å². The van der Waals surface area contributed by atoms with Crippen LogP contribution in [0.4, 0.5) is 0 Å². The highest BCUT2D eigenvalue weighted by Crippen LogP contribution is 2.53. The number of rotatable bonds is 1. The van der Waals surface area contributed by atoms with Crippen LogP contribution >= 0.6 is 0 Å². The van der Waals surface area contributed by atoms with Crippen molar-refractivity contribution >= 4 is 5.97 Å². The van der Waals surface area contributed by atoms with Gasteiger partial charge in [-0.2, -0.15) is 0 Å². The molecular formula is C7H8O2. The maximum Gasteiger partial charge on any atom is 0.307 e. The number of allylic oxidation sites excluding steroid dienone is 2.